The van der Waals surface area contributed by atoms with Gasteiger partial charge in [0.25, 0.3) is 5.91 Å². The van der Waals surface area contributed by atoms with Gasteiger partial charge >= 0.3 is 0 Å². The third kappa shape index (κ3) is 5.03. The van der Waals surface area contributed by atoms with Crippen molar-refractivity contribution in [2.75, 3.05) is 7.05 Å². The number of nitrogens with zero attached hydrogens (tertiary/aromatic N) is 3. The van der Waals surface area contributed by atoms with Crippen molar-refractivity contribution < 1.29 is 13.9 Å². The third-order valence-electron chi connectivity index (χ3n) is 5.48. The topological polar surface area (TPSA) is 47.4 Å². The maximum Gasteiger partial charge on any atom is 0.265 e. The summed E-state index contributed by atoms with van der Waals surface area (Å²) in [6.45, 7) is 0.340. The van der Waals surface area contributed by atoms with Crippen molar-refractivity contribution in [1.29, 1.82) is 0 Å². The van der Waals surface area contributed by atoms with E-state index in [4.69, 9.17) is 22.1 Å². The second-order valence-corrected chi connectivity index (χ2v) is 9.57. The molecule has 5 nitrogen and oxygen atoms in total. The Bertz CT molecular complexity index is 1420. The molecule has 1 saturated heterocycles. The van der Waals surface area contributed by atoms with Crippen molar-refractivity contribution in [1.82, 2.24) is 14.7 Å². The van der Waals surface area contributed by atoms with E-state index in [9.17, 15) is 9.18 Å². The summed E-state index contributed by atoms with van der Waals surface area (Å²) in [6, 6.07) is 23.6. The Balaban J connectivity index is 1.45. The average molecular weight is 502 g/mol. The first-order valence-corrected chi connectivity index (χ1v) is 12.0. The Kier molecular flexibility index (Phi) is 6.48. The molecule has 1 aliphatic heterocycles. The van der Waals surface area contributed by atoms with Gasteiger partial charge in [-0.05, 0) is 60.2 Å². The van der Waals surface area contributed by atoms with E-state index in [0.717, 1.165) is 28.1 Å². The number of likely N-dealkylation sites (N-methyl/N-ethyl adjacent to an activating group) is 1. The summed E-state index contributed by atoms with van der Waals surface area (Å²) < 4.78 is 21.3. The molecule has 2 heterocycles. The minimum Gasteiger partial charge on any atom is -0.489 e. The molecular formula is C27H20FN3O2S2. The first kappa shape index (κ1) is 23.0. The van der Waals surface area contributed by atoms with E-state index in [-0.39, 0.29) is 11.7 Å². The lowest BCUT2D eigenvalue weighted by Gasteiger charge is -2.07. The van der Waals surface area contributed by atoms with E-state index in [1.807, 2.05) is 66.9 Å². The molecule has 0 atom stereocenters. The molecule has 8 heteroatoms. The van der Waals surface area contributed by atoms with Crippen LogP contribution in [0.3, 0.4) is 0 Å². The number of rotatable bonds is 6. The number of carbonyl (C=O) groups is 1. The molecular weight excluding hydrogens is 481 g/mol. The monoisotopic (exact) mass is 501 g/mol. The van der Waals surface area contributed by atoms with Gasteiger partial charge in [0.1, 0.15) is 22.5 Å². The molecule has 0 spiro atoms. The Morgan fingerprint density at radius 2 is 1.74 bits per heavy atom. The first-order chi connectivity index (χ1) is 17.0. The second kappa shape index (κ2) is 9.85. The lowest BCUT2D eigenvalue weighted by Crippen LogP contribution is -2.22. The van der Waals surface area contributed by atoms with Gasteiger partial charge in [0.2, 0.25) is 0 Å². The first-order valence-electron chi connectivity index (χ1n) is 10.8. The van der Waals surface area contributed by atoms with E-state index in [0.29, 0.717) is 21.6 Å². The van der Waals surface area contributed by atoms with E-state index in [1.54, 1.807) is 23.9 Å². The normalized spacial score (nSPS) is 14.7. The van der Waals surface area contributed by atoms with Crippen LogP contribution in [0, 0.1) is 5.82 Å². The number of carbonyl (C=O) groups excluding carboxylic acids is 1. The van der Waals surface area contributed by atoms with E-state index >= 15 is 0 Å². The zero-order valence-electron chi connectivity index (χ0n) is 18.7. The van der Waals surface area contributed by atoms with Crippen molar-refractivity contribution in [3.05, 3.63) is 107 Å². The van der Waals surface area contributed by atoms with Gasteiger partial charge in [0.15, 0.2) is 0 Å². The molecule has 4 aromatic rings. The van der Waals surface area contributed by atoms with Gasteiger partial charge in [-0.1, -0.05) is 54.3 Å². The van der Waals surface area contributed by atoms with Crippen molar-refractivity contribution in [2.24, 2.45) is 0 Å². The molecule has 0 aliphatic carbocycles. The molecule has 0 saturated carbocycles. The van der Waals surface area contributed by atoms with E-state index in [1.165, 1.54) is 28.8 Å². The molecule has 174 valence electrons. The largest absolute Gasteiger partial charge is 0.489 e. The van der Waals surface area contributed by atoms with Crippen LogP contribution in [0.4, 0.5) is 4.39 Å². The number of para-hydroxylation sites is 1. The Labute approximate surface area is 211 Å². The summed E-state index contributed by atoms with van der Waals surface area (Å²) in [5, 5.41) is 4.82. The van der Waals surface area contributed by atoms with Crippen molar-refractivity contribution in [2.45, 2.75) is 6.61 Å². The van der Waals surface area contributed by atoms with E-state index in [2.05, 4.69) is 0 Å². The lowest BCUT2D eigenvalue weighted by atomic mass is 10.1. The highest BCUT2D eigenvalue weighted by Gasteiger charge is 2.29. The summed E-state index contributed by atoms with van der Waals surface area (Å²) in [4.78, 5) is 14.6. The van der Waals surface area contributed by atoms with Gasteiger partial charge in [-0.25, -0.2) is 9.07 Å². The Hall–Kier alpha value is -3.75. The number of thiocarbonyl (C=S) groups is 1. The zero-order valence-corrected chi connectivity index (χ0v) is 20.4. The molecule has 5 rings (SSSR count). The van der Waals surface area contributed by atoms with Crippen LogP contribution in [0.15, 0.2) is 90.0 Å². The number of hydrogen-bond acceptors (Lipinski definition) is 5. The number of aromatic nitrogens is 2. The molecule has 0 radical (unpaired) electrons. The minimum atomic E-state index is -0.273. The molecule has 1 aliphatic rings. The Morgan fingerprint density at radius 3 is 2.40 bits per heavy atom. The fourth-order valence-corrected chi connectivity index (χ4v) is 4.74. The SMILES string of the molecule is CN1C(=O)/C(=C/c2cn(-c3ccccc3)nc2-c2ccc(OCc3ccc(F)cc3)cc2)SC1=S. The molecule has 0 unspecified atom stereocenters. The Morgan fingerprint density at radius 1 is 1.03 bits per heavy atom. The van der Waals surface area contributed by atoms with Crippen LogP contribution in [0.1, 0.15) is 11.1 Å². The quantitative estimate of drug-likeness (QED) is 0.236. The smallest absolute Gasteiger partial charge is 0.265 e. The molecule has 0 N–H and O–H groups in total. The summed E-state index contributed by atoms with van der Waals surface area (Å²) in [5.41, 5.74) is 4.22. The molecule has 0 bridgehead atoms. The van der Waals surface area contributed by atoms with Gasteiger partial charge in [-0.15, -0.1) is 0 Å². The van der Waals surface area contributed by atoms with Crippen LogP contribution in [-0.4, -0.2) is 32.0 Å². The van der Waals surface area contributed by atoms with E-state index < -0.39 is 0 Å². The summed E-state index contributed by atoms with van der Waals surface area (Å²) in [6.07, 6.45) is 3.75. The maximum atomic E-state index is 13.1. The average Bonchev–Trinajstić information content (AvgIpc) is 3.41. The van der Waals surface area contributed by atoms with Crippen LogP contribution in [0.25, 0.3) is 23.0 Å². The lowest BCUT2D eigenvalue weighted by molar-refractivity contribution is -0.121. The molecule has 35 heavy (non-hydrogen) atoms. The third-order valence-corrected chi connectivity index (χ3v) is 6.97. The van der Waals surface area contributed by atoms with Gasteiger partial charge < -0.3 is 4.74 Å². The number of thioether (sulfide) groups is 1. The number of halogens is 1. The predicted octanol–water partition coefficient (Wildman–Crippen LogP) is 6.09. The highest BCUT2D eigenvalue weighted by molar-refractivity contribution is 8.26. The van der Waals surface area contributed by atoms with Gasteiger partial charge in [0.05, 0.1) is 16.3 Å². The fraction of sp³-hybridized carbons (Fsp3) is 0.0741. The van der Waals surface area contributed by atoms with Gasteiger partial charge in [0, 0.05) is 24.4 Å². The van der Waals surface area contributed by atoms with Gasteiger partial charge in [-0.2, -0.15) is 5.10 Å². The number of hydrogen-bond donors (Lipinski definition) is 0. The number of amides is 1. The second-order valence-electron chi connectivity index (χ2n) is 7.89. The fourth-order valence-electron chi connectivity index (χ4n) is 3.57. The van der Waals surface area contributed by atoms with Crippen molar-refractivity contribution in [3.63, 3.8) is 0 Å². The number of ether oxygens (including phenoxy) is 1. The summed E-state index contributed by atoms with van der Waals surface area (Å²) in [5.74, 6) is 0.293. The van der Waals surface area contributed by atoms with Crippen LogP contribution in [0.5, 0.6) is 5.75 Å². The minimum absolute atomic E-state index is 0.122. The van der Waals surface area contributed by atoms with Crippen LogP contribution < -0.4 is 4.74 Å². The standard InChI is InChI=1S/C27H20FN3O2S2/c1-30-26(32)24(35-27(30)34)15-20-16-31(22-5-3-2-4-6-22)29-25(20)19-9-13-23(14-10-19)33-17-18-7-11-21(28)12-8-18/h2-16H,17H2,1H3/b24-15-. The van der Waals surface area contributed by atoms with Crippen LogP contribution in [-0.2, 0) is 11.4 Å². The van der Waals surface area contributed by atoms with Crippen LogP contribution in [0.2, 0.25) is 0 Å². The predicted molar refractivity (Wildman–Crippen MR) is 141 cm³/mol. The highest BCUT2D eigenvalue weighted by Crippen LogP contribution is 2.34. The van der Waals surface area contributed by atoms with Gasteiger partial charge in [-0.3, -0.25) is 9.69 Å². The molecule has 1 aromatic heterocycles. The van der Waals surface area contributed by atoms with Crippen LogP contribution >= 0.6 is 24.0 Å². The highest BCUT2D eigenvalue weighted by atomic mass is 32.2. The maximum absolute atomic E-state index is 13.1. The summed E-state index contributed by atoms with van der Waals surface area (Å²) in [7, 11) is 1.68. The number of benzene rings is 3. The molecule has 3 aromatic carbocycles. The zero-order chi connectivity index (χ0) is 24.4. The molecule has 1 amide bonds. The van der Waals surface area contributed by atoms with Crippen molar-refractivity contribution >= 4 is 40.3 Å². The summed E-state index contributed by atoms with van der Waals surface area (Å²) >= 11 is 6.56. The van der Waals surface area contributed by atoms with Crippen molar-refractivity contribution in [3.8, 4) is 22.7 Å². The molecule has 1 fully saturated rings.